The van der Waals surface area contributed by atoms with Crippen molar-refractivity contribution in [2.75, 3.05) is 26.7 Å². The number of carbonyl (C=O) groups is 2. The molecule has 30 heavy (non-hydrogen) atoms. The van der Waals surface area contributed by atoms with E-state index in [2.05, 4.69) is 10.6 Å². The average Bonchev–Trinajstić information content (AvgIpc) is 3.01. The summed E-state index contributed by atoms with van der Waals surface area (Å²) in [4.78, 5) is 27.1. The van der Waals surface area contributed by atoms with Crippen LogP contribution >= 0.6 is 0 Å². The van der Waals surface area contributed by atoms with Gasteiger partial charge in [0.1, 0.15) is 23.5 Å². The van der Waals surface area contributed by atoms with E-state index in [0.29, 0.717) is 48.2 Å². The fourth-order valence-corrected chi connectivity index (χ4v) is 4.18. The highest BCUT2D eigenvalue weighted by atomic mass is 16.2. The van der Waals surface area contributed by atoms with Gasteiger partial charge in [0, 0.05) is 55.3 Å². The molecule has 6 nitrogen and oxygen atoms in total. The summed E-state index contributed by atoms with van der Waals surface area (Å²) in [6, 6.07) is 1.78. The van der Waals surface area contributed by atoms with Crippen LogP contribution in [-0.2, 0) is 11.3 Å². The van der Waals surface area contributed by atoms with Crippen molar-refractivity contribution < 1.29 is 9.59 Å². The van der Waals surface area contributed by atoms with E-state index in [0.717, 1.165) is 22.2 Å². The molecule has 2 heterocycles. The Labute approximate surface area is 181 Å². The van der Waals surface area contributed by atoms with Gasteiger partial charge in [0.2, 0.25) is 11.8 Å². The largest absolute Gasteiger partial charge is 0.381 e. The summed E-state index contributed by atoms with van der Waals surface area (Å²) in [6.07, 6.45) is 1.92. The van der Waals surface area contributed by atoms with Gasteiger partial charge in [0.05, 0.1) is 5.92 Å². The number of nitrogens with zero attached hydrogens (tertiary/aromatic N) is 2. The summed E-state index contributed by atoms with van der Waals surface area (Å²) in [5.74, 6) is -0.542. The number of hydrogen-bond acceptors (Lipinski definition) is 4. The Morgan fingerprint density at radius 1 is 1.30 bits per heavy atom. The molecule has 0 spiro atoms. The van der Waals surface area contributed by atoms with Crippen LogP contribution in [0.5, 0.6) is 0 Å². The summed E-state index contributed by atoms with van der Waals surface area (Å²) >= 11 is 0. The van der Waals surface area contributed by atoms with Crippen molar-refractivity contribution >= 4 is 68.5 Å². The Balaban J connectivity index is 2.22. The first-order valence-electron chi connectivity index (χ1n) is 10.2. The molecule has 1 atom stereocenters. The lowest BCUT2D eigenvalue weighted by Crippen LogP contribution is -2.39. The summed E-state index contributed by atoms with van der Waals surface area (Å²) < 4.78 is 1.41. The van der Waals surface area contributed by atoms with Gasteiger partial charge in [0.25, 0.3) is 0 Å². The third kappa shape index (κ3) is 3.60. The van der Waals surface area contributed by atoms with E-state index in [4.69, 9.17) is 23.5 Å². The van der Waals surface area contributed by atoms with Crippen molar-refractivity contribution in [1.82, 2.24) is 20.1 Å². The molecule has 0 aliphatic carbocycles. The van der Waals surface area contributed by atoms with E-state index in [1.807, 2.05) is 31.9 Å². The first kappa shape index (κ1) is 22.3. The Kier molecular flexibility index (Phi) is 6.51. The van der Waals surface area contributed by atoms with Gasteiger partial charge in [-0.3, -0.25) is 14.2 Å². The number of rotatable bonds is 6. The Morgan fingerprint density at radius 2 is 1.97 bits per heavy atom. The third-order valence-electron chi connectivity index (χ3n) is 5.69. The van der Waals surface area contributed by atoms with Gasteiger partial charge in [-0.1, -0.05) is 11.5 Å². The number of carbonyl (C=O) groups excluding carboxylic acids is 2. The molecular formula is C21H25B3N4O2. The molecule has 1 aromatic heterocycles. The normalized spacial score (nSPS) is 15.3. The van der Waals surface area contributed by atoms with E-state index in [1.165, 1.54) is 11.5 Å². The van der Waals surface area contributed by atoms with Crippen LogP contribution in [0.1, 0.15) is 36.7 Å². The minimum absolute atomic E-state index is 0.0509. The molecule has 2 aromatic rings. The van der Waals surface area contributed by atoms with Gasteiger partial charge >= 0.3 is 0 Å². The Bertz CT molecular complexity index is 1040. The average molecular weight is 398 g/mol. The van der Waals surface area contributed by atoms with Crippen molar-refractivity contribution in [2.24, 2.45) is 5.92 Å². The zero-order chi connectivity index (χ0) is 22.2. The van der Waals surface area contributed by atoms with Gasteiger partial charge < -0.3 is 15.5 Å². The molecular weight excluding hydrogens is 373 g/mol. The molecule has 6 radical (unpaired) electrons. The summed E-state index contributed by atoms with van der Waals surface area (Å²) in [6.45, 7) is 7.59. The molecule has 150 valence electrons. The van der Waals surface area contributed by atoms with Crippen LogP contribution in [-0.4, -0.2) is 71.5 Å². The van der Waals surface area contributed by atoms with Gasteiger partial charge in [-0.25, -0.2) is 0 Å². The molecule has 1 aromatic carbocycles. The number of benzene rings is 1. The maximum absolute atomic E-state index is 13.0. The molecule has 0 saturated carbocycles. The zero-order valence-corrected chi connectivity index (χ0v) is 18.0. The molecule has 9 heteroatoms. The number of hydrogen-bond donors (Lipinski definition) is 2. The molecule has 0 saturated heterocycles. The SMILES string of the molecule is [B]c1cc2c3c(c([B])n(C(C)=O)c3c1[B])CN/C2=C\C(CNC)C(=O)N(CC)CC. The molecule has 0 fully saturated rings. The van der Waals surface area contributed by atoms with E-state index in [1.54, 1.807) is 6.07 Å². The van der Waals surface area contributed by atoms with Crippen molar-refractivity contribution in [2.45, 2.75) is 27.3 Å². The number of amides is 1. The van der Waals surface area contributed by atoms with Crippen LogP contribution in [0.2, 0.25) is 0 Å². The highest BCUT2D eigenvalue weighted by Crippen LogP contribution is 2.31. The second-order valence-electron chi connectivity index (χ2n) is 7.48. The van der Waals surface area contributed by atoms with Crippen LogP contribution in [0, 0.1) is 5.92 Å². The van der Waals surface area contributed by atoms with Gasteiger partial charge in [0.15, 0.2) is 0 Å². The smallest absolute Gasteiger partial charge is 0.230 e. The van der Waals surface area contributed by atoms with E-state index < -0.39 is 0 Å². The quantitative estimate of drug-likeness (QED) is 0.603. The lowest BCUT2D eigenvalue weighted by molar-refractivity contribution is -0.133. The van der Waals surface area contributed by atoms with Crippen LogP contribution < -0.4 is 27.2 Å². The highest BCUT2D eigenvalue weighted by molar-refractivity contribution is 6.54. The fraction of sp³-hybridized carbons (Fsp3) is 0.429. The standard InChI is InChI=1S/C21H25B3N4O2/c1-5-27(6-2)21(30)12(9-25-4)7-16-13-8-15(22)18(23)19-17(13)14(10-26-16)20(24)28(19)11(3)29/h7-8,12,25-26H,5-6,9-10H2,1-4H3/b16-7-. The second-order valence-corrected chi connectivity index (χ2v) is 7.48. The monoisotopic (exact) mass is 398 g/mol. The second kappa shape index (κ2) is 8.76. The first-order valence-corrected chi connectivity index (χ1v) is 10.2. The van der Waals surface area contributed by atoms with E-state index in [9.17, 15) is 9.59 Å². The third-order valence-corrected chi connectivity index (χ3v) is 5.69. The van der Waals surface area contributed by atoms with Gasteiger partial charge in [-0.05, 0) is 38.1 Å². The predicted octanol–water partition coefficient (Wildman–Crippen LogP) is -1.17. The molecule has 1 aliphatic heterocycles. The van der Waals surface area contributed by atoms with Crippen LogP contribution in [0.15, 0.2) is 12.1 Å². The zero-order valence-electron chi connectivity index (χ0n) is 18.0. The minimum atomic E-state index is -0.361. The van der Waals surface area contributed by atoms with E-state index in [-0.39, 0.29) is 17.7 Å². The molecule has 1 amide bonds. The Hall–Kier alpha value is -2.41. The highest BCUT2D eigenvalue weighted by Gasteiger charge is 2.27. The van der Waals surface area contributed by atoms with Gasteiger partial charge in [-0.2, -0.15) is 0 Å². The number of nitrogens with one attached hydrogen (secondary N) is 2. The number of aromatic nitrogens is 1. The molecule has 1 aliphatic rings. The van der Waals surface area contributed by atoms with Crippen LogP contribution in [0.25, 0.3) is 16.6 Å². The summed E-state index contributed by atoms with van der Waals surface area (Å²) in [5.41, 5.74) is 3.94. The molecule has 1 unspecified atom stereocenters. The van der Waals surface area contributed by atoms with Crippen molar-refractivity contribution in [3.05, 3.63) is 23.3 Å². The van der Waals surface area contributed by atoms with Crippen molar-refractivity contribution in [3.63, 3.8) is 0 Å². The van der Waals surface area contributed by atoms with Crippen LogP contribution in [0.4, 0.5) is 0 Å². The minimum Gasteiger partial charge on any atom is -0.381 e. The van der Waals surface area contributed by atoms with Gasteiger partial charge in [-0.15, -0.1) is 5.46 Å². The maximum atomic E-state index is 13.0. The van der Waals surface area contributed by atoms with Crippen LogP contribution in [0.3, 0.4) is 0 Å². The molecule has 3 rings (SSSR count). The topological polar surface area (TPSA) is 66.4 Å². The lowest BCUT2D eigenvalue weighted by atomic mass is 9.76. The Morgan fingerprint density at radius 3 is 2.53 bits per heavy atom. The summed E-state index contributed by atoms with van der Waals surface area (Å²) in [7, 11) is 20.5. The summed E-state index contributed by atoms with van der Waals surface area (Å²) in [5, 5.41) is 7.26. The maximum Gasteiger partial charge on any atom is 0.230 e. The molecule has 2 N–H and O–H groups in total. The predicted molar refractivity (Wildman–Crippen MR) is 125 cm³/mol. The van der Waals surface area contributed by atoms with E-state index >= 15 is 0 Å². The lowest BCUT2D eigenvalue weighted by Gasteiger charge is -2.26. The molecule has 0 bridgehead atoms. The fourth-order valence-electron chi connectivity index (χ4n) is 4.18. The van der Waals surface area contributed by atoms with Crippen molar-refractivity contribution in [3.8, 4) is 0 Å². The van der Waals surface area contributed by atoms with Crippen molar-refractivity contribution in [1.29, 1.82) is 0 Å². The first-order chi connectivity index (χ1) is 14.3.